The molecule has 0 aliphatic heterocycles. The van der Waals surface area contributed by atoms with E-state index in [2.05, 4.69) is 50.3 Å². The zero-order valence-corrected chi connectivity index (χ0v) is 31.2. The van der Waals surface area contributed by atoms with E-state index in [1.54, 1.807) is 0 Å². The van der Waals surface area contributed by atoms with Crippen LogP contribution in [0.25, 0.3) is 0 Å². The number of esters is 1. The predicted molar refractivity (Wildman–Crippen MR) is 190 cm³/mol. The topological polar surface area (TPSA) is 94.1 Å². The van der Waals surface area contributed by atoms with Gasteiger partial charge in [-0.25, -0.2) is 0 Å². The molecule has 0 spiro atoms. The molecule has 0 amide bonds. The fraction of sp³-hybridized carbons (Fsp3) is 0.811. The number of carbonyl (C=O) groups is 1. The lowest BCUT2D eigenvalue weighted by Gasteiger charge is -2.28. The quantitative estimate of drug-likeness (QED) is 0.0226. The van der Waals surface area contributed by atoms with Crippen LogP contribution in [0, 0.1) is 0 Å². The van der Waals surface area contributed by atoms with Gasteiger partial charge in [0.1, 0.15) is 19.3 Å². The van der Waals surface area contributed by atoms with E-state index in [4.69, 9.17) is 18.5 Å². The smallest absolute Gasteiger partial charge is 0.306 e. The van der Waals surface area contributed by atoms with Gasteiger partial charge in [-0.1, -0.05) is 121 Å². The molecule has 0 heterocycles. The van der Waals surface area contributed by atoms with Crippen molar-refractivity contribution in [2.45, 2.75) is 142 Å². The van der Waals surface area contributed by atoms with Gasteiger partial charge in [0, 0.05) is 13.0 Å². The van der Waals surface area contributed by atoms with Gasteiger partial charge in [-0.15, -0.1) is 0 Å². The molecular formula is C37H70NO7P. The average Bonchev–Trinajstić information content (AvgIpc) is 2.99. The van der Waals surface area contributed by atoms with Crippen molar-refractivity contribution in [1.82, 2.24) is 0 Å². The summed E-state index contributed by atoms with van der Waals surface area (Å²) in [5.74, 6) is -0.364. The Hall–Kier alpha value is -1.28. The van der Waals surface area contributed by atoms with Gasteiger partial charge in [0.15, 0.2) is 0 Å². The molecule has 8 nitrogen and oxygen atoms in total. The number of carbonyl (C=O) groups excluding carboxylic acids is 1. The molecule has 270 valence electrons. The number of ether oxygens (including phenoxy) is 2. The fourth-order valence-corrected chi connectivity index (χ4v) is 5.35. The van der Waals surface area contributed by atoms with E-state index < -0.39 is 13.9 Å². The van der Waals surface area contributed by atoms with Gasteiger partial charge in [-0.05, 0) is 44.9 Å². The summed E-state index contributed by atoms with van der Waals surface area (Å²) in [5.41, 5.74) is 0. The molecule has 2 atom stereocenters. The van der Waals surface area contributed by atoms with Crippen molar-refractivity contribution < 1.29 is 37.3 Å². The van der Waals surface area contributed by atoms with E-state index in [0.29, 0.717) is 17.6 Å². The second-order valence-electron chi connectivity index (χ2n) is 13.2. The lowest BCUT2D eigenvalue weighted by atomic mass is 10.1. The summed E-state index contributed by atoms with van der Waals surface area (Å²) in [4.78, 5) is 24.8. The molecule has 2 unspecified atom stereocenters. The molecule has 9 heteroatoms. The molecule has 0 aromatic heterocycles. The first-order chi connectivity index (χ1) is 22.1. The van der Waals surface area contributed by atoms with Crippen molar-refractivity contribution in [2.24, 2.45) is 0 Å². The highest BCUT2D eigenvalue weighted by molar-refractivity contribution is 7.45. The van der Waals surface area contributed by atoms with E-state index in [-0.39, 0.29) is 32.2 Å². The molecule has 0 rings (SSSR count). The van der Waals surface area contributed by atoms with Crippen molar-refractivity contribution in [1.29, 1.82) is 0 Å². The van der Waals surface area contributed by atoms with Crippen LogP contribution in [0.4, 0.5) is 0 Å². The van der Waals surface area contributed by atoms with Crippen LogP contribution in [0.15, 0.2) is 36.5 Å². The molecular weight excluding hydrogens is 601 g/mol. The van der Waals surface area contributed by atoms with E-state index in [0.717, 1.165) is 57.8 Å². The monoisotopic (exact) mass is 671 g/mol. The minimum Gasteiger partial charge on any atom is -0.756 e. The minimum absolute atomic E-state index is 0.0205. The highest BCUT2D eigenvalue weighted by atomic mass is 31.2. The van der Waals surface area contributed by atoms with E-state index in [1.807, 2.05) is 21.1 Å². The summed E-state index contributed by atoms with van der Waals surface area (Å²) in [5, 5.41) is 0. The predicted octanol–water partition coefficient (Wildman–Crippen LogP) is 9.24. The van der Waals surface area contributed by atoms with E-state index >= 15 is 0 Å². The van der Waals surface area contributed by atoms with Gasteiger partial charge in [0.2, 0.25) is 0 Å². The number of likely N-dealkylation sites (N-methyl/N-ethyl adjacent to an activating group) is 1. The van der Waals surface area contributed by atoms with Crippen LogP contribution in [0.3, 0.4) is 0 Å². The summed E-state index contributed by atoms with van der Waals surface area (Å²) in [7, 11) is 1.33. The third-order valence-electron chi connectivity index (χ3n) is 7.46. The summed E-state index contributed by atoms with van der Waals surface area (Å²) >= 11 is 0. The summed E-state index contributed by atoms with van der Waals surface area (Å²) in [6, 6.07) is 0. The van der Waals surface area contributed by atoms with Crippen LogP contribution < -0.4 is 4.89 Å². The summed E-state index contributed by atoms with van der Waals surface area (Å²) in [6.45, 7) is 5.23. The molecule has 0 bridgehead atoms. The molecule has 0 saturated carbocycles. The van der Waals surface area contributed by atoms with Crippen LogP contribution in [0.1, 0.15) is 136 Å². The largest absolute Gasteiger partial charge is 0.756 e. The van der Waals surface area contributed by atoms with Crippen LogP contribution >= 0.6 is 7.82 Å². The maximum atomic E-state index is 12.6. The summed E-state index contributed by atoms with van der Waals surface area (Å²) in [6.07, 6.45) is 32.9. The number of allylic oxidation sites excluding steroid dienone is 6. The Bertz CT molecular complexity index is 838. The molecule has 0 aromatic carbocycles. The number of hydrogen-bond donors (Lipinski definition) is 0. The van der Waals surface area contributed by atoms with Crippen molar-refractivity contribution >= 4 is 13.8 Å². The number of nitrogens with zero attached hydrogens (tertiary/aromatic N) is 1. The maximum Gasteiger partial charge on any atom is 0.306 e. The number of quaternary nitrogens is 1. The zero-order chi connectivity index (χ0) is 34.2. The Morgan fingerprint density at radius 3 is 1.87 bits per heavy atom. The average molecular weight is 672 g/mol. The number of hydrogen-bond acceptors (Lipinski definition) is 7. The third kappa shape index (κ3) is 34.1. The zero-order valence-electron chi connectivity index (χ0n) is 30.3. The third-order valence-corrected chi connectivity index (χ3v) is 8.42. The Morgan fingerprint density at radius 1 is 0.696 bits per heavy atom. The van der Waals surface area contributed by atoms with Crippen LogP contribution in [-0.4, -0.2) is 70.7 Å². The molecule has 0 aliphatic carbocycles. The SMILES string of the molecule is CC/C=C\C/C=C\C/C=C\CCCCCC(=O)OC(COCCCCCCCCCCCCC)COP(=O)([O-])OCC[N+](C)(C)C. The standard InChI is InChI=1S/C37H70NO7P/c1-6-8-10-12-14-16-18-19-20-22-24-26-28-30-37(39)45-36(35-44-46(40,41)43-33-31-38(3,4)5)34-42-32-29-27-25-23-21-17-15-13-11-9-7-2/h8,10,14,16,19-20,36H,6-7,9,11-13,15,17-18,21-35H2,1-5H3/b10-8-,16-14-,20-19-. The molecule has 0 saturated heterocycles. The molecule has 46 heavy (non-hydrogen) atoms. The van der Waals surface area contributed by atoms with Gasteiger partial charge in [0.05, 0.1) is 34.4 Å². The lowest BCUT2D eigenvalue weighted by Crippen LogP contribution is -2.37. The van der Waals surface area contributed by atoms with Gasteiger partial charge < -0.3 is 27.9 Å². The Balaban J connectivity index is 4.39. The maximum absolute atomic E-state index is 12.6. The van der Waals surface area contributed by atoms with Crippen LogP contribution in [0.2, 0.25) is 0 Å². The Labute approximate surface area is 283 Å². The Morgan fingerprint density at radius 2 is 1.26 bits per heavy atom. The van der Waals surface area contributed by atoms with Crippen molar-refractivity contribution in [3.05, 3.63) is 36.5 Å². The highest BCUT2D eigenvalue weighted by Gasteiger charge is 2.20. The minimum atomic E-state index is -4.52. The summed E-state index contributed by atoms with van der Waals surface area (Å²) < 4.78 is 34.3. The molecule has 0 aliphatic rings. The van der Waals surface area contributed by atoms with Crippen molar-refractivity contribution in [3.8, 4) is 0 Å². The normalized spacial score (nSPS) is 14.5. The first-order valence-electron chi connectivity index (χ1n) is 18.2. The second-order valence-corrected chi connectivity index (χ2v) is 14.6. The fourth-order valence-electron chi connectivity index (χ4n) is 4.62. The van der Waals surface area contributed by atoms with Crippen molar-refractivity contribution in [2.75, 3.05) is 54.1 Å². The number of rotatable bonds is 33. The first-order valence-corrected chi connectivity index (χ1v) is 19.7. The molecule has 0 N–H and O–H groups in total. The number of unbranched alkanes of at least 4 members (excludes halogenated alkanes) is 13. The highest BCUT2D eigenvalue weighted by Crippen LogP contribution is 2.38. The van der Waals surface area contributed by atoms with Crippen LogP contribution in [-0.2, 0) is 27.9 Å². The lowest BCUT2D eigenvalue weighted by molar-refractivity contribution is -0.870. The molecule has 0 aromatic rings. The first kappa shape index (κ1) is 44.7. The second kappa shape index (κ2) is 31.0. The van der Waals surface area contributed by atoms with Gasteiger partial charge in [0.25, 0.3) is 7.82 Å². The van der Waals surface area contributed by atoms with Gasteiger partial charge >= 0.3 is 5.97 Å². The van der Waals surface area contributed by atoms with Gasteiger partial charge in [-0.2, -0.15) is 0 Å². The van der Waals surface area contributed by atoms with Crippen LogP contribution in [0.5, 0.6) is 0 Å². The number of phosphoric ester groups is 1. The van der Waals surface area contributed by atoms with E-state index in [9.17, 15) is 14.3 Å². The van der Waals surface area contributed by atoms with E-state index in [1.165, 1.54) is 57.8 Å². The van der Waals surface area contributed by atoms with Gasteiger partial charge in [-0.3, -0.25) is 9.36 Å². The molecule has 0 radical (unpaired) electrons. The molecule has 0 fully saturated rings. The number of phosphoric acid groups is 1. The Kier molecular flexibility index (Phi) is 30.2. The van der Waals surface area contributed by atoms with Crippen molar-refractivity contribution in [3.63, 3.8) is 0 Å².